The van der Waals surface area contributed by atoms with Gasteiger partial charge in [0.1, 0.15) is 5.69 Å². The van der Waals surface area contributed by atoms with Crippen LogP contribution in [0.2, 0.25) is 0 Å². The van der Waals surface area contributed by atoms with Crippen LogP contribution in [0.1, 0.15) is 12.8 Å². The molecule has 0 saturated carbocycles. The van der Waals surface area contributed by atoms with Crippen molar-refractivity contribution in [1.82, 2.24) is 5.32 Å². The van der Waals surface area contributed by atoms with E-state index in [2.05, 4.69) is 10.6 Å². The monoisotopic (exact) mass is 253 g/mol. The zero-order chi connectivity index (χ0) is 13.0. The second-order valence-corrected chi connectivity index (χ2v) is 4.47. The Balaban J connectivity index is 2.04. The number of nitro benzene ring substituents is 1. The number of hydrogen-bond acceptors (Lipinski definition) is 4. The first-order valence-electron chi connectivity index (χ1n) is 6.06. The fourth-order valence-corrected chi connectivity index (χ4v) is 2.18. The number of halogens is 1. The molecule has 0 amide bonds. The lowest BCUT2D eigenvalue weighted by Crippen LogP contribution is -2.31. The minimum atomic E-state index is -0.796. The molecule has 0 bridgehead atoms. The van der Waals surface area contributed by atoms with E-state index in [0.717, 1.165) is 32.0 Å². The van der Waals surface area contributed by atoms with E-state index in [-0.39, 0.29) is 5.69 Å². The van der Waals surface area contributed by atoms with Crippen molar-refractivity contribution in [2.24, 2.45) is 5.92 Å². The van der Waals surface area contributed by atoms with E-state index in [1.54, 1.807) is 6.07 Å². The Morgan fingerprint density at radius 3 is 2.83 bits per heavy atom. The Bertz CT molecular complexity index is 433. The summed E-state index contributed by atoms with van der Waals surface area (Å²) >= 11 is 0. The van der Waals surface area contributed by atoms with Crippen LogP contribution in [0.3, 0.4) is 0 Å². The highest BCUT2D eigenvalue weighted by atomic mass is 19.1. The van der Waals surface area contributed by atoms with Crippen LogP contribution in [0.25, 0.3) is 0 Å². The molecule has 0 unspecified atom stereocenters. The molecule has 1 aromatic carbocycles. The third kappa shape index (κ3) is 2.95. The van der Waals surface area contributed by atoms with Gasteiger partial charge >= 0.3 is 5.69 Å². The SMILES string of the molecule is O=[N+]([O-])c1c(F)cccc1NCC1CCNCC1. The first kappa shape index (κ1) is 12.8. The van der Waals surface area contributed by atoms with E-state index < -0.39 is 16.4 Å². The first-order chi connectivity index (χ1) is 8.68. The molecular weight excluding hydrogens is 237 g/mol. The molecule has 2 N–H and O–H groups in total. The van der Waals surface area contributed by atoms with Gasteiger partial charge in [-0.05, 0) is 44.0 Å². The first-order valence-corrected chi connectivity index (χ1v) is 6.06. The van der Waals surface area contributed by atoms with E-state index in [1.165, 1.54) is 6.07 Å². The molecule has 1 fully saturated rings. The van der Waals surface area contributed by atoms with Crippen LogP contribution in [0, 0.1) is 21.8 Å². The summed E-state index contributed by atoms with van der Waals surface area (Å²) < 4.78 is 13.4. The topological polar surface area (TPSA) is 67.2 Å². The number of para-hydroxylation sites is 1. The average molecular weight is 253 g/mol. The van der Waals surface area contributed by atoms with Gasteiger partial charge in [-0.25, -0.2) is 0 Å². The minimum absolute atomic E-state index is 0.263. The molecule has 0 aliphatic carbocycles. The predicted octanol–water partition coefficient (Wildman–Crippen LogP) is 2.15. The van der Waals surface area contributed by atoms with Crippen molar-refractivity contribution < 1.29 is 9.31 Å². The lowest BCUT2D eigenvalue weighted by molar-refractivity contribution is -0.386. The van der Waals surface area contributed by atoms with Crippen LogP contribution < -0.4 is 10.6 Å². The zero-order valence-electron chi connectivity index (χ0n) is 9.99. The molecule has 0 spiro atoms. The lowest BCUT2D eigenvalue weighted by Gasteiger charge is -2.23. The Labute approximate surface area is 105 Å². The van der Waals surface area contributed by atoms with Crippen molar-refractivity contribution in [1.29, 1.82) is 0 Å². The number of nitrogens with zero attached hydrogens (tertiary/aromatic N) is 1. The molecule has 18 heavy (non-hydrogen) atoms. The smallest absolute Gasteiger partial charge is 0.327 e. The van der Waals surface area contributed by atoms with Gasteiger partial charge < -0.3 is 10.6 Å². The summed E-state index contributed by atoms with van der Waals surface area (Å²) in [6.45, 7) is 2.58. The predicted molar refractivity (Wildman–Crippen MR) is 67.1 cm³/mol. The molecule has 1 aromatic rings. The van der Waals surface area contributed by atoms with Crippen LogP contribution in [0.15, 0.2) is 18.2 Å². The van der Waals surface area contributed by atoms with Crippen molar-refractivity contribution >= 4 is 11.4 Å². The normalized spacial score (nSPS) is 16.5. The Hall–Kier alpha value is -1.69. The third-order valence-corrected chi connectivity index (χ3v) is 3.21. The number of nitrogens with one attached hydrogen (secondary N) is 2. The van der Waals surface area contributed by atoms with Crippen LogP contribution >= 0.6 is 0 Å². The van der Waals surface area contributed by atoms with Crippen molar-refractivity contribution in [2.45, 2.75) is 12.8 Å². The molecule has 0 aromatic heterocycles. The van der Waals surface area contributed by atoms with Gasteiger partial charge in [-0.2, -0.15) is 4.39 Å². The standard InChI is InChI=1S/C12H16FN3O2/c13-10-2-1-3-11(12(10)16(17)18)15-8-9-4-6-14-7-5-9/h1-3,9,14-15H,4-8H2. The maximum Gasteiger partial charge on any atom is 0.327 e. The molecular formula is C12H16FN3O2. The lowest BCUT2D eigenvalue weighted by atomic mass is 9.98. The zero-order valence-corrected chi connectivity index (χ0v) is 9.99. The molecule has 1 aliphatic heterocycles. The number of nitro groups is 1. The van der Waals surface area contributed by atoms with Gasteiger partial charge in [0.25, 0.3) is 0 Å². The van der Waals surface area contributed by atoms with Gasteiger partial charge in [0.15, 0.2) is 0 Å². The maximum atomic E-state index is 13.4. The van der Waals surface area contributed by atoms with E-state index in [9.17, 15) is 14.5 Å². The molecule has 0 atom stereocenters. The fraction of sp³-hybridized carbons (Fsp3) is 0.500. The summed E-state index contributed by atoms with van der Waals surface area (Å²) in [5.41, 5.74) is -0.204. The Morgan fingerprint density at radius 2 is 2.17 bits per heavy atom. The van der Waals surface area contributed by atoms with Crippen LogP contribution in [-0.4, -0.2) is 24.6 Å². The minimum Gasteiger partial charge on any atom is -0.379 e. The van der Waals surface area contributed by atoms with E-state index >= 15 is 0 Å². The fourth-order valence-electron chi connectivity index (χ4n) is 2.18. The molecule has 1 heterocycles. The molecule has 98 valence electrons. The highest BCUT2D eigenvalue weighted by molar-refractivity contribution is 5.61. The van der Waals surface area contributed by atoms with Gasteiger partial charge in [-0.3, -0.25) is 10.1 Å². The summed E-state index contributed by atoms with van der Waals surface area (Å²) in [4.78, 5) is 10.1. The van der Waals surface area contributed by atoms with E-state index in [0.29, 0.717) is 12.5 Å². The summed E-state index contributed by atoms with van der Waals surface area (Å²) in [7, 11) is 0. The highest BCUT2D eigenvalue weighted by Crippen LogP contribution is 2.27. The quantitative estimate of drug-likeness (QED) is 0.637. The molecule has 1 saturated heterocycles. The molecule has 5 nitrogen and oxygen atoms in total. The van der Waals surface area contributed by atoms with E-state index in [4.69, 9.17) is 0 Å². The molecule has 2 rings (SSSR count). The van der Waals surface area contributed by atoms with Gasteiger partial charge in [0.2, 0.25) is 5.82 Å². The van der Waals surface area contributed by atoms with E-state index in [1.807, 2.05) is 0 Å². The summed E-state index contributed by atoms with van der Waals surface area (Å²) in [6.07, 6.45) is 2.08. The van der Waals surface area contributed by atoms with Crippen LogP contribution in [0.5, 0.6) is 0 Å². The number of hydrogen-bond donors (Lipinski definition) is 2. The maximum absolute atomic E-state index is 13.4. The van der Waals surface area contributed by atoms with Crippen LogP contribution in [0.4, 0.5) is 15.8 Å². The number of rotatable bonds is 4. The number of benzene rings is 1. The van der Waals surface area contributed by atoms with Crippen LogP contribution in [-0.2, 0) is 0 Å². The average Bonchev–Trinajstić information content (AvgIpc) is 2.37. The van der Waals surface area contributed by atoms with Gasteiger partial charge in [-0.1, -0.05) is 6.07 Å². The van der Waals surface area contributed by atoms with Crippen molar-refractivity contribution in [2.75, 3.05) is 25.0 Å². The summed E-state index contributed by atoms with van der Waals surface area (Å²) in [5.74, 6) is -0.315. The number of anilines is 1. The van der Waals surface area contributed by atoms with Gasteiger partial charge in [0.05, 0.1) is 4.92 Å². The summed E-state index contributed by atoms with van der Waals surface area (Å²) in [5, 5.41) is 17.1. The van der Waals surface area contributed by atoms with Crippen molar-refractivity contribution in [3.8, 4) is 0 Å². The molecule has 6 heteroatoms. The van der Waals surface area contributed by atoms with Crippen molar-refractivity contribution in [3.63, 3.8) is 0 Å². The number of piperidine rings is 1. The van der Waals surface area contributed by atoms with Gasteiger partial charge in [-0.15, -0.1) is 0 Å². The molecule has 1 aliphatic rings. The highest BCUT2D eigenvalue weighted by Gasteiger charge is 2.20. The second-order valence-electron chi connectivity index (χ2n) is 4.47. The Morgan fingerprint density at radius 1 is 1.44 bits per heavy atom. The second kappa shape index (κ2) is 5.77. The third-order valence-electron chi connectivity index (χ3n) is 3.21. The Kier molecular flexibility index (Phi) is 4.09. The largest absolute Gasteiger partial charge is 0.379 e. The van der Waals surface area contributed by atoms with Gasteiger partial charge in [0, 0.05) is 6.54 Å². The summed E-state index contributed by atoms with van der Waals surface area (Å²) in [6, 6.07) is 4.13. The molecule has 0 radical (unpaired) electrons. The van der Waals surface area contributed by atoms with Crippen molar-refractivity contribution in [3.05, 3.63) is 34.1 Å².